The Bertz CT molecular complexity index is 286. The van der Waals surface area contributed by atoms with Gasteiger partial charge in [-0.1, -0.05) is 13.5 Å². The minimum Gasteiger partial charge on any atom is -0.293 e. The molecule has 1 heterocycles. The minimum absolute atomic E-state index is 0.125. The molecule has 1 saturated heterocycles. The van der Waals surface area contributed by atoms with Gasteiger partial charge in [0.05, 0.1) is 6.54 Å². The van der Waals surface area contributed by atoms with Crippen molar-refractivity contribution in [2.45, 2.75) is 45.7 Å². The monoisotopic (exact) mass is 238 g/mol. The van der Waals surface area contributed by atoms with Crippen molar-refractivity contribution in [1.82, 2.24) is 9.80 Å². The molecular weight excluding hydrogens is 212 g/mol. The number of ketones is 1. The zero-order chi connectivity index (χ0) is 13.1. The van der Waals surface area contributed by atoms with Gasteiger partial charge in [-0.15, -0.1) is 0 Å². The van der Waals surface area contributed by atoms with Gasteiger partial charge in [0.25, 0.3) is 0 Å². The molecule has 1 atom stereocenters. The Morgan fingerprint density at radius 1 is 1.47 bits per heavy atom. The van der Waals surface area contributed by atoms with E-state index in [1.54, 1.807) is 0 Å². The second kappa shape index (κ2) is 5.78. The first-order chi connectivity index (χ1) is 7.90. The van der Waals surface area contributed by atoms with Gasteiger partial charge < -0.3 is 0 Å². The molecule has 3 nitrogen and oxygen atoms in total. The predicted octanol–water partition coefficient (Wildman–Crippen LogP) is 1.94. The smallest absolute Gasteiger partial charge is 0.169 e. The Kier molecular flexibility index (Phi) is 4.90. The fourth-order valence-electron chi connectivity index (χ4n) is 2.56. The molecule has 0 aromatic carbocycles. The maximum atomic E-state index is 11.3. The maximum Gasteiger partial charge on any atom is 0.169 e. The number of rotatable bonds is 5. The highest BCUT2D eigenvalue weighted by molar-refractivity contribution is 5.90. The van der Waals surface area contributed by atoms with Crippen LogP contribution in [0, 0.1) is 0 Å². The summed E-state index contributed by atoms with van der Waals surface area (Å²) in [6.07, 6.45) is 2.58. The first-order valence-electron chi connectivity index (χ1n) is 6.55. The molecule has 0 saturated carbocycles. The number of hydrogen-bond donors (Lipinski definition) is 0. The van der Waals surface area contributed by atoms with E-state index in [2.05, 4.69) is 44.1 Å². The first kappa shape index (κ1) is 14.4. The van der Waals surface area contributed by atoms with Crippen LogP contribution in [0.5, 0.6) is 0 Å². The Morgan fingerprint density at radius 3 is 2.59 bits per heavy atom. The van der Waals surface area contributed by atoms with Gasteiger partial charge in [-0.05, 0) is 33.3 Å². The van der Waals surface area contributed by atoms with E-state index in [-0.39, 0.29) is 11.3 Å². The lowest BCUT2D eigenvalue weighted by Crippen LogP contribution is -2.59. The molecule has 17 heavy (non-hydrogen) atoms. The maximum absolute atomic E-state index is 11.3. The lowest BCUT2D eigenvalue weighted by atomic mass is 9.95. The highest BCUT2D eigenvalue weighted by Crippen LogP contribution is 2.24. The van der Waals surface area contributed by atoms with E-state index in [0.717, 1.165) is 26.1 Å². The fraction of sp³-hybridized carbons (Fsp3) is 0.786. The average molecular weight is 238 g/mol. The van der Waals surface area contributed by atoms with Gasteiger partial charge in [-0.25, -0.2) is 0 Å². The van der Waals surface area contributed by atoms with Crippen LogP contribution in [0.4, 0.5) is 0 Å². The van der Waals surface area contributed by atoms with Gasteiger partial charge in [0, 0.05) is 31.2 Å². The largest absolute Gasteiger partial charge is 0.293 e. The predicted molar refractivity (Wildman–Crippen MR) is 72.2 cm³/mol. The first-order valence-corrected chi connectivity index (χ1v) is 6.55. The third-order valence-corrected chi connectivity index (χ3v) is 3.96. The Labute approximate surface area is 105 Å². The molecule has 1 aliphatic rings. The van der Waals surface area contributed by atoms with Gasteiger partial charge in [0.1, 0.15) is 0 Å². The molecule has 1 rings (SSSR count). The van der Waals surface area contributed by atoms with Gasteiger partial charge in [0.15, 0.2) is 5.78 Å². The number of carbonyl (C=O) groups excluding carboxylic acids is 1. The Morgan fingerprint density at radius 2 is 2.12 bits per heavy atom. The molecule has 1 fully saturated rings. The molecule has 0 N–H and O–H groups in total. The highest BCUT2D eigenvalue weighted by atomic mass is 16.1. The van der Waals surface area contributed by atoms with Crippen molar-refractivity contribution < 1.29 is 4.79 Å². The van der Waals surface area contributed by atoms with E-state index in [1.165, 1.54) is 6.08 Å². The summed E-state index contributed by atoms with van der Waals surface area (Å²) in [6, 6.07) is 0.510. The molecule has 98 valence electrons. The van der Waals surface area contributed by atoms with Crippen molar-refractivity contribution >= 4 is 5.78 Å². The molecule has 0 aromatic rings. The summed E-state index contributed by atoms with van der Waals surface area (Å²) >= 11 is 0. The van der Waals surface area contributed by atoms with Crippen LogP contribution < -0.4 is 0 Å². The molecule has 0 unspecified atom stereocenters. The second-order valence-electron chi connectivity index (χ2n) is 5.61. The van der Waals surface area contributed by atoms with Gasteiger partial charge in [-0.2, -0.15) is 0 Å². The molecule has 0 aromatic heterocycles. The third-order valence-electron chi connectivity index (χ3n) is 3.96. The molecule has 0 spiro atoms. The third kappa shape index (κ3) is 3.65. The van der Waals surface area contributed by atoms with E-state index >= 15 is 0 Å². The van der Waals surface area contributed by atoms with Crippen LogP contribution >= 0.6 is 0 Å². The topological polar surface area (TPSA) is 23.6 Å². The zero-order valence-corrected chi connectivity index (χ0v) is 11.7. The van der Waals surface area contributed by atoms with E-state index in [9.17, 15) is 4.79 Å². The van der Waals surface area contributed by atoms with E-state index < -0.39 is 0 Å². The van der Waals surface area contributed by atoms with Crippen molar-refractivity contribution in [3.63, 3.8) is 0 Å². The molecule has 0 amide bonds. The molecular formula is C14H26N2O. The molecule has 3 heteroatoms. The Balaban J connectivity index is 2.55. The summed E-state index contributed by atoms with van der Waals surface area (Å²) in [5.41, 5.74) is 0.258. The average Bonchev–Trinajstić information content (AvgIpc) is 2.28. The van der Waals surface area contributed by atoms with Crippen LogP contribution in [-0.4, -0.2) is 53.3 Å². The molecule has 1 aliphatic heterocycles. The van der Waals surface area contributed by atoms with E-state index in [4.69, 9.17) is 0 Å². The Hall–Kier alpha value is -0.670. The number of piperazine rings is 1. The van der Waals surface area contributed by atoms with Crippen molar-refractivity contribution in [3.05, 3.63) is 12.7 Å². The zero-order valence-electron chi connectivity index (χ0n) is 11.7. The van der Waals surface area contributed by atoms with Gasteiger partial charge >= 0.3 is 0 Å². The second-order valence-corrected chi connectivity index (χ2v) is 5.61. The molecule has 0 aliphatic carbocycles. The fourth-order valence-corrected chi connectivity index (χ4v) is 2.56. The summed E-state index contributed by atoms with van der Waals surface area (Å²) in [7, 11) is 0. The van der Waals surface area contributed by atoms with Crippen molar-refractivity contribution in [2.75, 3.05) is 26.2 Å². The number of carbonyl (C=O) groups is 1. The molecule has 0 radical (unpaired) electrons. The summed E-state index contributed by atoms with van der Waals surface area (Å²) in [5.74, 6) is 0.125. The van der Waals surface area contributed by atoms with E-state index in [0.29, 0.717) is 12.6 Å². The summed E-state index contributed by atoms with van der Waals surface area (Å²) in [5, 5.41) is 0. The standard InChI is InChI=1S/C14H26N2O/c1-6-13(17)11-15-8-9-16(12(3)10-15)14(4,5)7-2/h6,12H,1,7-11H2,2-5H3/t12-/m0/s1. The normalized spacial score (nSPS) is 23.6. The number of hydrogen-bond acceptors (Lipinski definition) is 3. The molecule has 0 bridgehead atoms. The lowest BCUT2D eigenvalue weighted by Gasteiger charge is -2.48. The van der Waals surface area contributed by atoms with Crippen LogP contribution in [0.25, 0.3) is 0 Å². The van der Waals surface area contributed by atoms with Crippen LogP contribution in [0.3, 0.4) is 0 Å². The number of nitrogens with zero attached hydrogens (tertiary/aromatic N) is 2. The van der Waals surface area contributed by atoms with Crippen LogP contribution in [0.1, 0.15) is 34.1 Å². The van der Waals surface area contributed by atoms with Crippen LogP contribution in [0.2, 0.25) is 0 Å². The van der Waals surface area contributed by atoms with Crippen molar-refractivity contribution in [2.24, 2.45) is 0 Å². The van der Waals surface area contributed by atoms with Gasteiger partial charge in [0.2, 0.25) is 0 Å². The van der Waals surface area contributed by atoms with Crippen molar-refractivity contribution in [3.8, 4) is 0 Å². The SMILES string of the molecule is C=CC(=O)CN1CCN(C(C)(C)CC)[C@@H](C)C1. The quantitative estimate of drug-likeness (QED) is 0.684. The summed E-state index contributed by atoms with van der Waals surface area (Å²) in [6.45, 7) is 16.1. The van der Waals surface area contributed by atoms with Crippen molar-refractivity contribution in [1.29, 1.82) is 0 Å². The summed E-state index contributed by atoms with van der Waals surface area (Å²) < 4.78 is 0. The van der Waals surface area contributed by atoms with Crippen LogP contribution in [0.15, 0.2) is 12.7 Å². The summed E-state index contributed by atoms with van der Waals surface area (Å²) in [4.78, 5) is 16.1. The van der Waals surface area contributed by atoms with E-state index in [1.807, 2.05) is 0 Å². The minimum atomic E-state index is 0.125. The van der Waals surface area contributed by atoms with Gasteiger partial charge in [-0.3, -0.25) is 14.6 Å². The highest BCUT2D eigenvalue weighted by Gasteiger charge is 2.33. The van der Waals surface area contributed by atoms with Crippen LogP contribution in [-0.2, 0) is 4.79 Å². The lowest BCUT2D eigenvalue weighted by molar-refractivity contribution is -0.116.